The lowest BCUT2D eigenvalue weighted by molar-refractivity contribution is -0.0498. The minimum absolute atomic E-state index is 0.0202. The van der Waals surface area contributed by atoms with Gasteiger partial charge in [-0.2, -0.15) is 8.78 Å². The van der Waals surface area contributed by atoms with Gasteiger partial charge in [0, 0.05) is 23.3 Å². The first-order valence-electron chi connectivity index (χ1n) is 5.36. The van der Waals surface area contributed by atoms with Gasteiger partial charge in [-0.3, -0.25) is 0 Å². The van der Waals surface area contributed by atoms with Crippen molar-refractivity contribution in [2.75, 3.05) is 5.32 Å². The van der Waals surface area contributed by atoms with Crippen molar-refractivity contribution < 1.29 is 13.5 Å². The van der Waals surface area contributed by atoms with E-state index in [1.54, 1.807) is 29.7 Å². The van der Waals surface area contributed by atoms with Crippen LogP contribution in [0.3, 0.4) is 0 Å². The van der Waals surface area contributed by atoms with E-state index in [-0.39, 0.29) is 11.8 Å². The van der Waals surface area contributed by atoms with Gasteiger partial charge < -0.3 is 10.1 Å². The van der Waals surface area contributed by atoms with Crippen molar-refractivity contribution in [3.05, 3.63) is 40.8 Å². The number of alkyl halides is 2. The largest absolute Gasteiger partial charge is 0.435 e. The zero-order valence-corrected chi connectivity index (χ0v) is 10.5. The van der Waals surface area contributed by atoms with E-state index in [4.69, 9.17) is 0 Å². The second-order valence-corrected chi connectivity index (χ2v) is 4.57. The maximum absolute atomic E-state index is 12.1. The monoisotopic (exact) mass is 270 g/mol. The van der Waals surface area contributed by atoms with Crippen LogP contribution in [0.2, 0.25) is 0 Å². The van der Waals surface area contributed by atoms with Gasteiger partial charge in [-0.25, -0.2) is 4.98 Å². The summed E-state index contributed by atoms with van der Waals surface area (Å²) in [6.07, 6.45) is 1.73. The number of nitrogens with one attached hydrogen (secondary N) is 1. The Bertz CT molecular complexity index is 491. The zero-order chi connectivity index (χ0) is 13.0. The first-order valence-corrected chi connectivity index (χ1v) is 6.24. The molecule has 2 aromatic rings. The number of hydrogen-bond donors (Lipinski definition) is 1. The average molecular weight is 270 g/mol. The minimum Gasteiger partial charge on any atom is -0.435 e. The Morgan fingerprint density at radius 3 is 2.89 bits per heavy atom. The van der Waals surface area contributed by atoms with Crippen LogP contribution < -0.4 is 10.1 Å². The van der Waals surface area contributed by atoms with E-state index in [9.17, 15) is 8.78 Å². The fourth-order valence-electron chi connectivity index (χ4n) is 1.52. The fourth-order valence-corrected chi connectivity index (χ4v) is 2.17. The number of hydrogen-bond acceptors (Lipinski definition) is 4. The second-order valence-electron chi connectivity index (χ2n) is 3.64. The summed E-state index contributed by atoms with van der Waals surface area (Å²) < 4.78 is 28.5. The topological polar surface area (TPSA) is 34.1 Å². The Labute approximate surface area is 107 Å². The molecule has 0 saturated heterocycles. The van der Waals surface area contributed by atoms with Crippen LogP contribution in [0.5, 0.6) is 5.75 Å². The Morgan fingerprint density at radius 2 is 2.22 bits per heavy atom. The number of ether oxygens (including phenoxy) is 1. The summed E-state index contributed by atoms with van der Waals surface area (Å²) in [7, 11) is 0. The molecule has 0 aliphatic heterocycles. The van der Waals surface area contributed by atoms with Crippen LogP contribution in [0.1, 0.15) is 18.0 Å². The first-order chi connectivity index (χ1) is 8.65. The van der Waals surface area contributed by atoms with Crippen molar-refractivity contribution in [3.8, 4) is 5.75 Å². The van der Waals surface area contributed by atoms with E-state index in [0.29, 0.717) is 0 Å². The van der Waals surface area contributed by atoms with Crippen LogP contribution in [0.25, 0.3) is 0 Å². The highest BCUT2D eigenvalue weighted by Gasteiger charge is 2.09. The van der Waals surface area contributed by atoms with Gasteiger partial charge in [-0.15, -0.1) is 11.3 Å². The third kappa shape index (κ3) is 3.40. The van der Waals surface area contributed by atoms with Crippen molar-refractivity contribution in [1.29, 1.82) is 0 Å². The molecular formula is C12H12F2N2OS. The molecule has 2 rings (SSSR count). The van der Waals surface area contributed by atoms with Crippen molar-refractivity contribution in [2.45, 2.75) is 19.6 Å². The molecular weight excluding hydrogens is 258 g/mol. The summed E-state index contributed by atoms with van der Waals surface area (Å²) in [6.45, 7) is -0.851. The Hall–Kier alpha value is -1.69. The van der Waals surface area contributed by atoms with Gasteiger partial charge in [0.05, 0.1) is 6.04 Å². The predicted molar refractivity (Wildman–Crippen MR) is 67.2 cm³/mol. The van der Waals surface area contributed by atoms with E-state index in [0.717, 1.165) is 10.7 Å². The second kappa shape index (κ2) is 5.77. The molecule has 0 saturated carbocycles. The maximum atomic E-state index is 12.1. The summed E-state index contributed by atoms with van der Waals surface area (Å²) in [5.74, 6) is 0.140. The van der Waals surface area contributed by atoms with E-state index in [1.165, 1.54) is 12.1 Å². The zero-order valence-electron chi connectivity index (χ0n) is 9.64. The molecule has 6 heteroatoms. The maximum Gasteiger partial charge on any atom is 0.387 e. The van der Waals surface area contributed by atoms with Crippen LogP contribution >= 0.6 is 11.3 Å². The standard InChI is InChI=1S/C12H12F2N2OS/c1-8(11-15-5-6-18-11)16-9-3-2-4-10(7-9)17-12(13)14/h2-8,12,16H,1H3. The summed E-state index contributed by atoms with van der Waals surface area (Å²) in [5, 5.41) is 6.01. The molecule has 1 heterocycles. The Kier molecular flexibility index (Phi) is 4.09. The van der Waals surface area contributed by atoms with Crippen LogP contribution in [0.4, 0.5) is 14.5 Å². The molecule has 0 fully saturated rings. The summed E-state index contributed by atoms with van der Waals surface area (Å²) >= 11 is 1.54. The number of aromatic nitrogens is 1. The molecule has 0 spiro atoms. The lowest BCUT2D eigenvalue weighted by atomic mass is 10.2. The molecule has 1 aromatic carbocycles. The molecule has 0 amide bonds. The molecule has 0 aliphatic carbocycles. The molecule has 1 aromatic heterocycles. The van der Waals surface area contributed by atoms with Gasteiger partial charge in [0.1, 0.15) is 10.8 Å². The van der Waals surface area contributed by atoms with Gasteiger partial charge in [-0.1, -0.05) is 6.07 Å². The number of benzene rings is 1. The van der Waals surface area contributed by atoms with Crippen LogP contribution in [0, 0.1) is 0 Å². The third-order valence-electron chi connectivity index (χ3n) is 2.26. The lowest BCUT2D eigenvalue weighted by Gasteiger charge is -2.13. The molecule has 0 bridgehead atoms. The summed E-state index contributed by atoms with van der Waals surface area (Å²) in [6, 6.07) is 6.51. The quantitative estimate of drug-likeness (QED) is 0.894. The number of thiazole rings is 1. The highest BCUT2D eigenvalue weighted by molar-refractivity contribution is 7.09. The van der Waals surface area contributed by atoms with Gasteiger partial charge in [0.25, 0.3) is 0 Å². The van der Waals surface area contributed by atoms with Crippen molar-refractivity contribution in [3.63, 3.8) is 0 Å². The SMILES string of the molecule is CC(Nc1cccc(OC(F)F)c1)c1nccs1. The number of rotatable bonds is 5. The molecule has 1 unspecified atom stereocenters. The molecule has 3 nitrogen and oxygen atoms in total. The van der Waals surface area contributed by atoms with Crippen molar-refractivity contribution in [1.82, 2.24) is 4.98 Å². The van der Waals surface area contributed by atoms with E-state index < -0.39 is 6.61 Å². The molecule has 0 radical (unpaired) electrons. The van der Waals surface area contributed by atoms with Crippen LogP contribution in [-0.4, -0.2) is 11.6 Å². The first kappa shape index (κ1) is 12.8. The van der Waals surface area contributed by atoms with Gasteiger partial charge in [-0.05, 0) is 19.1 Å². The van der Waals surface area contributed by atoms with Gasteiger partial charge in [0.15, 0.2) is 0 Å². The smallest absolute Gasteiger partial charge is 0.387 e. The van der Waals surface area contributed by atoms with Crippen LogP contribution in [0.15, 0.2) is 35.8 Å². The highest BCUT2D eigenvalue weighted by Crippen LogP contribution is 2.24. The Morgan fingerprint density at radius 1 is 1.39 bits per heavy atom. The van der Waals surface area contributed by atoms with Crippen molar-refractivity contribution in [2.24, 2.45) is 0 Å². The van der Waals surface area contributed by atoms with Crippen LogP contribution in [-0.2, 0) is 0 Å². The van der Waals surface area contributed by atoms with Gasteiger partial charge >= 0.3 is 6.61 Å². The van der Waals surface area contributed by atoms with E-state index in [2.05, 4.69) is 15.0 Å². The van der Waals surface area contributed by atoms with Crippen molar-refractivity contribution >= 4 is 17.0 Å². The number of halogens is 2. The molecule has 1 atom stereocenters. The third-order valence-corrected chi connectivity index (χ3v) is 3.22. The number of anilines is 1. The molecule has 0 aliphatic rings. The molecule has 1 N–H and O–H groups in total. The number of nitrogens with zero attached hydrogens (tertiary/aromatic N) is 1. The average Bonchev–Trinajstić information content (AvgIpc) is 2.81. The molecule has 18 heavy (non-hydrogen) atoms. The van der Waals surface area contributed by atoms with Gasteiger partial charge in [0.2, 0.25) is 0 Å². The summed E-state index contributed by atoms with van der Waals surface area (Å²) in [5.41, 5.74) is 0.718. The summed E-state index contributed by atoms with van der Waals surface area (Å²) in [4.78, 5) is 4.19. The fraction of sp³-hybridized carbons (Fsp3) is 0.250. The Balaban J connectivity index is 2.05. The highest BCUT2D eigenvalue weighted by atomic mass is 32.1. The lowest BCUT2D eigenvalue weighted by Crippen LogP contribution is -2.07. The van der Waals surface area contributed by atoms with E-state index in [1.807, 2.05) is 12.3 Å². The van der Waals surface area contributed by atoms with E-state index >= 15 is 0 Å². The predicted octanol–water partition coefficient (Wildman–Crippen LogP) is 3.92. The normalized spacial score (nSPS) is 12.4. The molecule has 96 valence electrons. The minimum atomic E-state index is -2.81.